The first-order valence-electron chi connectivity index (χ1n) is 6.60. The molecule has 0 saturated carbocycles. The zero-order chi connectivity index (χ0) is 15.4. The van der Waals surface area contributed by atoms with Crippen LogP contribution in [0, 0.1) is 6.92 Å². The molecule has 6 heteroatoms. The van der Waals surface area contributed by atoms with Crippen LogP contribution in [0.15, 0.2) is 30.5 Å². The summed E-state index contributed by atoms with van der Waals surface area (Å²) in [6, 6.07) is 7.39. The highest BCUT2D eigenvalue weighted by Crippen LogP contribution is 2.07. The summed E-state index contributed by atoms with van der Waals surface area (Å²) in [5.74, 6) is -0.0265. The number of hydrogen-bond acceptors (Lipinski definition) is 3. The Kier molecular flexibility index (Phi) is 4.70. The number of nitrogens with zero attached hydrogens (tertiary/aromatic N) is 2. The van der Waals surface area contributed by atoms with Crippen LogP contribution < -0.4 is 11.1 Å². The van der Waals surface area contributed by atoms with Crippen molar-refractivity contribution in [2.75, 3.05) is 0 Å². The molecule has 0 unspecified atom stereocenters. The SMILES string of the molecule is Cc1c(CNC(=O)Cc2ccc(C(N)=S)cc2)cnn1C. The molecule has 110 valence electrons. The number of nitrogens with two attached hydrogens (primary N) is 1. The van der Waals surface area contributed by atoms with E-state index >= 15 is 0 Å². The summed E-state index contributed by atoms with van der Waals surface area (Å²) >= 11 is 4.89. The Morgan fingerprint density at radius 3 is 2.57 bits per heavy atom. The van der Waals surface area contributed by atoms with Crippen LogP contribution in [0.5, 0.6) is 0 Å². The van der Waals surface area contributed by atoms with Gasteiger partial charge in [-0.15, -0.1) is 0 Å². The molecule has 1 amide bonds. The van der Waals surface area contributed by atoms with Gasteiger partial charge in [0.25, 0.3) is 0 Å². The summed E-state index contributed by atoms with van der Waals surface area (Å²) < 4.78 is 1.79. The van der Waals surface area contributed by atoms with Gasteiger partial charge in [0, 0.05) is 30.4 Å². The maximum absolute atomic E-state index is 11.9. The Hall–Kier alpha value is -2.21. The van der Waals surface area contributed by atoms with Gasteiger partial charge in [-0.2, -0.15) is 5.10 Å². The molecule has 2 aromatic rings. The highest BCUT2D eigenvalue weighted by atomic mass is 32.1. The van der Waals surface area contributed by atoms with E-state index in [1.165, 1.54) is 0 Å². The van der Waals surface area contributed by atoms with E-state index in [-0.39, 0.29) is 5.91 Å². The predicted molar refractivity (Wildman–Crippen MR) is 85.8 cm³/mol. The zero-order valence-corrected chi connectivity index (χ0v) is 12.9. The van der Waals surface area contributed by atoms with Gasteiger partial charge in [-0.1, -0.05) is 36.5 Å². The fourth-order valence-corrected chi connectivity index (χ4v) is 2.08. The van der Waals surface area contributed by atoms with Crippen LogP contribution in [0.1, 0.15) is 22.4 Å². The van der Waals surface area contributed by atoms with E-state index < -0.39 is 0 Å². The first kappa shape index (κ1) is 15.2. The van der Waals surface area contributed by atoms with Crippen molar-refractivity contribution >= 4 is 23.1 Å². The van der Waals surface area contributed by atoms with Crippen LogP contribution in [0.4, 0.5) is 0 Å². The van der Waals surface area contributed by atoms with Crippen LogP contribution in [0.2, 0.25) is 0 Å². The lowest BCUT2D eigenvalue weighted by atomic mass is 10.1. The second kappa shape index (κ2) is 6.49. The lowest BCUT2D eigenvalue weighted by Gasteiger charge is -2.06. The van der Waals surface area contributed by atoms with Crippen LogP contribution in [-0.2, 0) is 24.8 Å². The van der Waals surface area contributed by atoms with Crippen molar-refractivity contribution in [1.82, 2.24) is 15.1 Å². The third-order valence-corrected chi connectivity index (χ3v) is 3.65. The smallest absolute Gasteiger partial charge is 0.224 e. The van der Waals surface area contributed by atoms with Crippen molar-refractivity contribution in [2.45, 2.75) is 19.9 Å². The normalized spacial score (nSPS) is 10.4. The first-order valence-corrected chi connectivity index (χ1v) is 7.01. The Morgan fingerprint density at radius 2 is 2.05 bits per heavy atom. The molecule has 0 bridgehead atoms. The highest BCUT2D eigenvalue weighted by Gasteiger charge is 2.07. The van der Waals surface area contributed by atoms with Gasteiger partial charge < -0.3 is 11.1 Å². The Balaban J connectivity index is 1.89. The van der Waals surface area contributed by atoms with Crippen molar-refractivity contribution in [1.29, 1.82) is 0 Å². The van der Waals surface area contributed by atoms with E-state index in [4.69, 9.17) is 18.0 Å². The number of aromatic nitrogens is 2. The predicted octanol–water partition coefficient (Wildman–Crippen LogP) is 1.22. The average Bonchev–Trinajstić information content (AvgIpc) is 2.77. The lowest BCUT2D eigenvalue weighted by Crippen LogP contribution is -2.24. The van der Waals surface area contributed by atoms with Crippen molar-refractivity contribution in [3.8, 4) is 0 Å². The number of rotatable bonds is 5. The second-order valence-electron chi connectivity index (χ2n) is 4.89. The van der Waals surface area contributed by atoms with Gasteiger partial charge in [0.1, 0.15) is 4.99 Å². The van der Waals surface area contributed by atoms with Crippen LogP contribution >= 0.6 is 12.2 Å². The van der Waals surface area contributed by atoms with Gasteiger partial charge in [0.15, 0.2) is 0 Å². The monoisotopic (exact) mass is 302 g/mol. The minimum Gasteiger partial charge on any atom is -0.389 e. The molecule has 1 aromatic heterocycles. The summed E-state index contributed by atoms with van der Waals surface area (Å²) in [7, 11) is 1.88. The molecule has 0 saturated heterocycles. The van der Waals surface area contributed by atoms with Crippen LogP contribution in [0.3, 0.4) is 0 Å². The molecule has 5 nitrogen and oxygen atoms in total. The molecule has 21 heavy (non-hydrogen) atoms. The largest absolute Gasteiger partial charge is 0.389 e. The van der Waals surface area contributed by atoms with Gasteiger partial charge >= 0.3 is 0 Å². The number of carbonyl (C=O) groups excluding carboxylic acids is 1. The number of aryl methyl sites for hydroxylation is 1. The van der Waals surface area contributed by atoms with Crippen molar-refractivity contribution in [3.05, 3.63) is 52.8 Å². The number of nitrogens with one attached hydrogen (secondary N) is 1. The Labute approximate surface area is 129 Å². The number of amides is 1. The maximum Gasteiger partial charge on any atom is 0.224 e. The molecule has 0 atom stereocenters. The third kappa shape index (κ3) is 3.88. The van der Waals surface area contributed by atoms with E-state index in [1.54, 1.807) is 10.9 Å². The molecular formula is C15H18N4OS. The van der Waals surface area contributed by atoms with Gasteiger partial charge in [-0.05, 0) is 12.5 Å². The topological polar surface area (TPSA) is 72.9 Å². The number of thiocarbonyl (C=S) groups is 1. The van der Waals surface area contributed by atoms with Gasteiger partial charge in [-0.25, -0.2) is 0 Å². The van der Waals surface area contributed by atoms with Crippen molar-refractivity contribution < 1.29 is 4.79 Å². The van der Waals surface area contributed by atoms with Crippen LogP contribution in [0.25, 0.3) is 0 Å². The summed E-state index contributed by atoms with van der Waals surface area (Å²) in [4.78, 5) is 12.3. The molecule has 0 fully saturated rings. The zero-order valence-electron chi connectivity index (χ0n) is 12.1. The molecule has 1 heterocycles. The quantitative estimate of drug-likeness (QED) is 0.815. The van der Waals surface area contributed by atoms with Gasteiger partial charge in [0.05, 0.1) is 12.6 Å². The lowest BCUT2D eigenvalue weighted by molar-refractivity contribution is -0.120. The summed E-state index contributed by atoms with van der Waals surface area (Å²) in [5, 5.41) is 7.04. The first-order chi connectivity index (χ1) is 9.97. The standard InChI is InChI=1S/C15H18N4OS/c1-10-13(9-18-19(10)2)8-17-14(20)7-11-3-5-12(6-4-11)15(16)21/h3-6,9H,7-8H2,1-2H3,(H2,16,21)(H,17,20). The van der Waals surface area contributed by atoms with E-state index in [9.17, 15) is 4.79 Å². The van der Waals surface area contributed by atoms with E-state index in [0.717, 1.165) is 22.4 Å². The highest BCUT2D eigenvalue weighted by molar-refractivity contribution is 7.80. The molecule has 0 aliphatic heterocycles. The molecule has 2 rings (SSSR count). The van der Waals surface area contributed by atoms with E-state index in [0.29, 0.717) is 18.0 Å². The van der Waals surface area contributed by atoms with E-state index in [2.05, 4.69) is 10.4 Å². The summed E-state index contributed by atoms with van der Waals surface area (Å²) in [5.41, 5.74) is 9.34. The number of benzene rings is 1. The Morgan fingerprint density at radius 1 is 1.38 bits per heavy atom. The minimum absolute atomic E-state index is 0.0265. The third-order valence-electron chi connectivity index (χ3n) is 3.42. The van der Waals surface area contributed by atoms with Crippen molar-refractivity contribution in [3.63, 3.8) is 0 Å². The molecule has 0 spiro atoms. The van der Waals surface area contributed by atoms with E-state index in [1.807, 2.05) is 38.2 Å². The Bertz CT molecular complexity index is 661. The van der Waals surface area contributed by atoms with Gasteiger partial charge in [0.2, 0.25) is 5.91 Å². The van der Waals surface area contributed by atoms with Crippen LogP contribution in [-0.4, -0.2) is 20.7 Å². The second-order valence-corrected chi connectivity index (χ2v) is 5.33. The molecule has 0 radical (unpaired) electrons. The number of hydrogen-bond donors (Lipinski definition) is 2. The van der Waals surface area contributed by atoms with Crippen molar-refractivity contribution in [2.24, 2.45) is 12.8 Å². The summed E-state index contributed by atoms with van der Waals surface area (Å²) in [6.07, 6.45) is 2.10. The maximum atomic E-state index is 11.9. The van der Waals surface area contributed by atoms with Gasteiger partial charge in [-0.3, -0.25) is 9.48 Å². The average molecular weight is 302 g/mol. The molecule has 3 N–H and O–H groups in total. The molecule has 1 aromatic carbocycles. The molecule has 0 aliphatic rings. The fraction of sp³-hybridized carbons (Fsp3) is 0.267. The molecular weight excluding hydrogens is 284 g/mol. The molecule has 0 aliphatic carbocycles. The summed E-state index contributed by atoms with van der Waals surface area (Å²) in [6.45, 7) is 2.46. The fourth-order valence-electron chi connectivity index (χ4n) is 1.95. The minimum atomic E-state index is -0.0265. The number of carbonyl (C=O) groups is 1.